The van der Waals surface area contributed by atoms with Crippen LogP contribution >= 0.6 is 11.3 Å². The fourth-order valence-corrected chi connectivity index (χ4v) is 3.72. The predicted molar refractivity (Wildman–Crippen MR) is 116 cm³/mol. The highest BCUT2D eigenvalue weighted by atomic mass is 32.1. The molecule has 3 heterocycles. The summed E-state index contributed by atoms with van der Waals surface area (Å²) in [7, 11) is 1.30. The van der Waals surface area contributed by atoms with Crippen molar-refractivity contribution in [2.75, 3.05) is 23.9 Å². The highest BCUT2D eigenvalue weighted by Crippen LogP contribution is 2.33. The number of amides is 2. The summed E-state index contributed by atoms with van der Waals surface area (Å²) in [5.41, 5.74) is 5.27. The number of aliphatic imine (C=N–C) groups is 1. The van der Waals surface area contributed by atoms with E-state index < -0.39 is 11.5 Å². The molecule has 1 saturated heterocycles. The number of nitrogens with one attached hydrogen (secondary N) is 1. The van der Waals surface area contributed by atoms with E-state index in [1.807, 2.05) is 6.92 Å². The van der Waals surface area contributed by atoms with Crippen molar-refractivity contribution < 1.29 is 18.7 Å². The predicted octanol–water partition coefficient (Wildman–Crippen LogP) is 2.08. The summed E-state index contributed by atoms with van der Waals surface area (Å²) < 4.78 is 10.2. The van der Waals surface area contributed by atoms with Crippen molar-refractivity contribution in [2.24, 2.45) is 16.6 Å². The minimum atomic E-state index is -0.857. The molecule has 0 spiro atoms. The largest absolute Gasteiger partial charge is 0.488 e. The first kappa shape index (κ1) is 22.2. The Morgan fingerprint density at radius 2 is 2.26 bits per heavy atom. The van der Waals surface area contributed by atoms with Gasteiger partial charge in [-0.2, -0.15) is 0 Å². The van der Waals surface area contributed by atoms with E-state index in [0.29, 0.717) is 23.8 Å². The van der Waals surface area contributed by atoms with Crippen LogP contribution in [0.1, 0.15) is 37.2 Å². The lowest BCUT2D eigenvalue weighted by Crippen LogP contribution is -2.27. The van der Waals surface area contributed by atoms with E-state index in [-0.39, 0.29) is 34.2 Å². The second-order valence-corrected chi connectivity index (χ2v) is 7.71. The lowest BCUT2D eigenvalue weighted by molar-refractivity contribution is -0.117. The smallest absolute Gasteiger partial charge is 0.381 e. The summed E-state index contributed by atoms with van der Waals surface area (Å²) in [5, 5.41) is 10.7. The summed E-state index contributed by atoms with van der Waals surface area (Å²) >= 11 is 1.03. The molecule has 2 aromatic rings. The molecular weight excluding hydrogens is 424 g/mol. The van der Waals surface area contributed by atoms with Crippen molar-refractivity contribution in [3.8, 4) is 5.75 Å². The molecular formula is C19H22N6O5S. The van der Waals surface area contributed by atoms with E-state index in [1.54, 1.807) is 13.0 Å². The highest BCUT2D eigenvalue weighted by molar-refractivity contribution is 7.18. The third-order valence-electron chi connectivity index (χ3n) is 4.63. The number of carbonyl (C=O) groups is 2. The van der Waals surface area contributed by atoms with Crippen LogP contribution in [0.4, 0.5) is 16.0 Å². The van der Waals surface area contributed by atoms with Gasteiger partial charge in [0.2, 0.25) is 21.9 Å². The molecule has 1 aliphatic rings. The number of allylic oxidation sites excluding steroid dienone is 1. The molecule has 0 radical (unpaired) electrons. The Morgan fingerprint density at radius 3 is 2.90 bits per heavy atom. The van der Waals surface area contributed by atoms with Crippen molar-refractivity contribution in [1.29, 1.82) is 0 Å². The van der Waals surface area contributed by atoms with Gasteiger partial charge in [-0.05, 0) is 25.1 Å². The van der Waals surface area contributed by atoms with E-state index >= 15 is 0 Å². The molecule has 0 unspecified atom stereocenters. The molecule has 1 fully saturated rings. The number of carbonyl (C=O) groups excluding carboxylic acids is 2. The van der Waals surface area contributed by atoms with Gasteiger partial charge < -0.3 is 19.8 Å². The Morgan fingerprint density at radius 1 is 1.48 bits per heavy atom. The Hall–Kier alpha value is -3.54. The molecule has 0 saturated carbocycles. The van der Waals surface area contributed by atoms with Crippen LogP contribution in [0.15, 0.2) is 32.5 Å². The first-order valence-corrected chi connectivity index (χ1v) is 10.3. The summed E-state index contributed by atoms with van der Waals surface area (Å²) in [6, 6.07) is 1.32. The Kier molecular flexibility index (Phi) is 6.80. The lowest BCUT2D eigenvalue weighted by Gasteiger charge is -2.19. The maximum Gasteiger partial charge on any atom is 0.381 e. The number of ether oxygens (including phenoxy) is 1. The quantitative estimate of drug-likeness (QED) is 0.613. The third-order valence-corrected chi connectivity index (χ3v) is 5.37. The second-order valence-electron chi connectivity index (χ2n) is 6.76. The lowest BCUT2D eigenvalue weighted by atomic mass is 10.1. The zero-order valence-electron chi connectivity index (χ0n) is 17.2. The van der Waals surface area contributed by atoms with Gasteiger partial charge in [0, 0.05) is 24.7 Å². The van der Waals surface area contributed by atoms with Crippen molar-refractivity contribution >= 4 is 44.8 Å². The molecule has 3 rings (SSSR count). The van der Waals surface area contributed by atoms with Gasteiger partial charge in [0.15, 0.2) is 5.76 Å². The first-order valence-electron chi connectivity index (χ1n) is 9.47. The molecule has 1 atom stereocenters. The Labute approximate surface area is 181 Å². The van der Waals surface area contributed by atoms with Gasteiger partial charge >= 0.3 is 5.63 Å². The number of nitrogens with zero attached hydrogens (tertiary/aromatic N) is 4. The minimum Gasteiger partial charge on any atom is -0.488 e. The molecule has 164 valence electrons. The maximum absolute atomic E-state index is 12.7. The standard InChI is InChI=1S/C19H22N6O5S/c1-4-11-7-14(26)25(9-11)12-8-13(30-17(28)15(12)29-3)16(27)22-19-24-23-18(31-19)21-10(2)5-6-20/h5-6,8,11H,4,7,9,20H2,1-3H3,(H,22,24,27)/t11-/m0/s1. The Bertz CT molecular complexity index is 1110. The molecule has 0 aliphatic carbocycles. The fraction of sp³-hybridized carbons (Fsp3) is 0.368. The number of anilines is 2. The topological polar surface area (TPSA) is 153 Å². The molecule has 11 nitrogen and oxygen atoms in total. The average molecular weight is 446 g/mol. The average Bonchev–Trinajstić information content (AvgIpc) is 3.33. The number of nitrogens with two attached hydrogens (primary N) is 1. The van der Waals surface area contributed by atoms with Crippen molar-refractivity contribution in [1.82, 2.24) is 10.2 Å². The van der Waals surface area contributed by atoms with E-state index in [1.165, 1.54) is 24.3 Å². The van der Waals surface area contributed by atoms with Crippen LogP contribution in [0.2, 0.25) is 0 Å². The zero-order valence-corrected chi connectivity index (χ0v) is 18.1. The van der Waals surface area contributed by atoms with Crippen molar-refractivity contribution in [3.63, 3.8) is 0 Å². The van der Waals surface area contributed by atoms with Crippen molar-refractivity contribution in [3.05, 3.63) is 34.5 Å². The molecule has 3 N–H and O–H groups in total. The number of hydrogen-bond donors (Lipinski definition) is 2. The van der Waals surface area contributed by atoms with Crippen LogP contribution in [0, 0.1) is 5.92 Å². The third kappa shape index (κ3) is 4.97. The van der Waals surface area contributed by atoms with Crippen LogP contribution in [-0.4, -0.2) is 41.4 Å². The van der Waals surface area contributed by atoms with Crippen molar-refractivity contribution in [2.45, 2.75) is 26.7 Å². The number of rotatable bonds is 7. The molecule has 2 aromatic heterocycles. The van der Waals surface area contributed by atoms with Gasteiger partial charge in [0.25, 0.3) is 5.91 Å². The molecule has 0 bridgehead atoms. The zero-order chi connectivity index (χ0) is 22.5. The van der Waals surface area contributed by atoms with Gasteiger partial charge in [-0.15, -0.1) is 10.2 Å². The summed E-state index contributed by atoms with van der Waals surface area (Å²) in [6.45, 7) is 4.16. The van der Waals surface area contributed by atoms with E-state index in [4.69, 9.17) is 14.9 Å². The highest BCUT2D eigenvalue weighted by Gasteiger charge is 2.33. The van der Waals surface area contributed by atoms with Gasteiger partial charge in [0.1, 0.15) is 0 Å². The summed E-state index contributed by atoms with van der Waals surface area (Å²) in [5.74, 6) is -1.10. The maximum atomic E-state index is 12.7. The summed E-state index contributed by atoms with van der Waals surface area (Å²) in [4.78, 5) is 43.1. The number of hydrogen-bond acceptors (Lipinski definition) is 10. The second kappa shape index (κ2) is 9.51. The SMILES string of the molecule is CC[C@H]1CC(=O)N(c2cc(C(=O)Nc3nnc(N=C(C)C=CN)s3)oc(=O)c2OC)C1. The normalized spacial score (nSPS) is 16.9. The first-order chi connectivity index (χ1) is 14.9. The van der Waals surface area contributed by atoms with Gasteiger partial charge in [-0.3, -0.25) is 14.9 Å². The van der Waals surface area contributed by atoms with Crippen LogP contribution in [0.3, 0.4) is 0 Å². The van der Waals surface area contributed by atoms with E-state index in [2.05, 4.69) is 20.5 Å². The molecule has 31 heavy (non-hydrogen) atoms. The van der Waals surface area contributed by atoms with Gasteiger partial charge in [-0.25, -0.2) is 9.79 Å². The molecule has 12 heteroatoms. The van der Waals surface area contributed by atoms with Gasteiger partial charge in [0.05, 0.1) is 12.8 Å². The minimum absolute atomic E-state index is 0.127. The van der Waals surface area contributed by atoms with E-state index in [0.717, 1.165) is 17.8 Å². The number of methoxy groups -OCH3 is 1. The van der Waals surface area contributed by atoms with Crippen LogP contribution < -0.4 is 26.3 Å². The van der Waals surface area contributed by atoms with Crippen LogP contribution in [-0.2, 0) is 4.79 Å². The monoisotopic (exact) mass is 446 g/mol. The molecule has 1 aliphatic heterocycles. The summed E-state index contributed by atoms with van der Waals surface area (Å²) in [6.07, 6.45) is 4.13. The molecule has 0 aromatic carbocycles. The molecule has 2 amide bonds. The van der Waals surface area contributed by atoms with Gasteiger partial charge in [-0.1, -0.05) is 24.7 Å². The van der Waals surface area contributed by atoms with E-state index in [9.17, 15) is 14.4 Å². The fourth-order valence-electron chi connectivity index (χ4n) is 3.06. The number of aromatic nitrogens is 2. The van der Waals surface area contributed by atoms with Crippen LogP contribution in [0.5, 0.6) is 5.75 Å². The Balaban J connectivity index is 1.86. The van der Waals surface area contributed by atoms with Crippen LogP contribution in [0.25, 0.3) is 0 Å².